The van der Waals surface area contributed by atoms with Crippen molar-refractivity contribution in [3.8, 4) is 11.5 Å². The van der Waals surface area contributed by atoms with Crippen LogP contribution >= 0.6 is 0 Å². The Bertz CT molecular complexity index is 539. The summed E-state index contributed by atoms with van der Waals surface area (Å²) in [4.78, 5) is 12.0. The third-order valence-corrected chi connectivity index (χ3v) is 2.87. The molecule has 0 aliphatic carbocycles. The Morgan fingerprint density at radius 1 is 1.26 bits per heavy atom. The van der Waals surface area contributed by atoms with E-state index in [1.165, 1.54) is 0 Å². The van der Waals surface area contributed by atoms with Crippen molar-refractivity contribution in [3.05, 3.63) is 18.2 Å². The first-order valence-corrected chi connectivity index (χ1v) is 6.62. The number of nitrogens with one attached hydrogen (secondary N) is 2. The molecular weight excluding hydrogens is 324 g/mol. The Kier molecular flexibility index (Phi) is 5.99. The van der Waals surface area contributed by atoms with Crippen LogP contribution in [0.2, 0.25) is 0 Å². The first-order valence-electron chi connectivity index (χ1n) is 6.62. The van der Waals surface area contributed by atoms with Crippen molar-refractivity contribution in [2.45, 2.75) is 19.3 Å². The second kappa shape index (κ2) is 7.97. The average Bonchev–Trinajstić information content (AvgIpc) is 2.49. The minimum Gasteiger partial charge on any atom is -0.435 e. The first kappa shape index (κ1) is 17.3. The van der Waals surface area contributed by atoms with Gasteiger partial charge in [-0.2, -0.15) is 17.6 Å². The second-order valence-electron chi connectivity index (χ2n) is 4.47. The predicted octanol–water partition coefficient (Wildman–Crippen LogP) is 1.82. The highest BCUT2D eigenvalue weighted by molar-refractivity contribution is 5.95. The Hall–Kier alpha value is -2.07. The molecule has 2 rings (SSSR count). The summed E-state index contributed by atoms with van der Waals surface area (Å²) in [7, 11) is 0. The molecule has 1 atom stereocenters. The minimum absolute atomic E-state index is 0.105. The highest BCUT2D eigenvalue weighted by Crippen LogP contribution is 2.31. The molecule has 0 saturated carbocycles. The van der Waals surface area contributed by atoms with Crippen LogP contribution in [0.1, 0.15) is 0 Å². The van der Waals surface area contributed by atoms with Gasteiger partial charge in [-0.15, -0.1) is 0 Å². The molecule has 23 heavy (non-hydrogen) atoms. The van der Waals surface area contributed by atoms with E-state index in [4.69, 9.17) is 4.74 Å². The Morgan fingerprint density at radius 3 is 2.61 bits per heavy atom. The van der Waals surface area contributed by atoms with Crippen LogP contribution in [0.15, 0.2) is 18.2 Å². The van der Waals surface area contributed by atoms with E-state index in [0.717, 1.165) is 18.2 Å². The molecule has 10 heteroatoms. The summed E-state index contributed by atoms with van der Waals surface area (Å²) >= 11 is 0. The van der Waals surface area contributed by atoms with E-state index >= 15 is 0 Å². The molecule has 1 aromatic carbocycles. The number of carbonyl (C=O) groups excluding carboxylic acids is 1. The van der Waals surface area contributed by atoms with E-state index in [2.05, 4.69) is 20.1 Å². The zero-order chi connectivity index (χ0) is 16.8. The van der Waals surface area contributed by atoms with Crippen LogP contribution in [-0.2, 0) is 9.53 Å². The number of rotatable bonds is 6. The van der Waals surface area contributed by atoms with Gasteiger partial charge in [-0.1, -0.05) is 0 Å². The van der Waals surface area contributed by atoms with Crippen molar-refractivity contribution < 1.29 is 36.6 Å². The van der Waals surface area contributed by atoms with Gasteiger partial charge in [0.15, 0.2) is 5.75 Å². The number of hydrogen-bond acceptors (Lipinski definition) is 5. The lowest BCUT2D eigenvalue weighted by Crippen LogP contribution is -2.45. The fourth-order valence-electron chi connectivity index (χ4n) is 1.92. The number of anilines is 1. The molecule has 1 heterocycles. The number of benzene rings is 1. The summed E-state index contributed by atoms with van der Waals surface area (Å²) in [6, 6.07) is 3.07. The summed E-state index contributed by atoms with van der Waals surface area (Å²) in [6.07, 6.45) is -0.792. The molecule has 1 fully saturated rings. The molecule has 1 saturated heterocycles. The number of hydrogen-bond donors (Lipinski definition) is 2. The van der Waals surface area contributed by atoms with E-state index in [1.807, 2.05) is 0 Å². The predicted molar refractivity (Wildman–Crippen MR) is 70.9 cm³/mol. The maximum atomic E-state index is 12.4. The maximum absolute atomic E-state index is 12.4. The molecule has 1 aromatic rings. The van der Waals surface area contributed by atoms with Gasteiger partial charge >= 0.3 is 13.2 Å². The molecule has 1 aliphatic rings. The van der Waals surface area contributed by atoms with E-state index in [9.17, 15) is 22.4 Å². The van der Waals surface area contributed by atoms with Crippen LogP contribution in [-0.4, -0.2) is 44.9 Å². The third kappa shape index (κ3) is 5.25. The van der Waals surface area contributed by atoms with Crippen LogP contribution in [0, 0.1) is 0 Å². The van der Waals surface area contributed by atoms with Gasteiger partial charge in [0, 0.05) is 19.2 Å². The molecule has 1 amide bonds. The highest BCUT2D eigenvalue weighted by Gasteiger charge is 2.23. The number of halogens is 4. The molecule has 0 aromatic heterocycles. The van der Waals surface area contributed by atoms with Gasteiger partial charge in [0.05, 0.1) is 12.3 Å². The van der Waals surface area contributed by atoms with E-state index in [0.29, 0.717) is 13.2 Å². The molecule has 0 spiro atoms. The van der Waals surface area contributed by atoms with Gasteiger partial charge < -0.3 is 24.8 Å². The first-order chi connectivity index (χ1) is 11.0. The Labute approximate surface area is 128 Å². The van der Waals surface area contributed by atoms with Crippen molar-refractivity contribution in [2.24, 2.45) is 0 Å². The smallest absolute Gasteiger partial charge is 0.387 e. The van der Waals surface area contributed by atoms with Crippen LogP contribution < -0.4 is 20.1 Å². The van der Waals surface area contributed by atoms with Crippen LogP contribution in [0.3, 0.4) is 0 Å². The normalized spacial score (nSPS) is 18.1. The van der Waals surface area contributed by atoms with Gasteiger partial charge in [0.1, 0.15) is 11.9 Å². The largest absolute Gasteiger partial charge is 0.435 e. The zero-order valence-corrected chi connectivity index (χ0v) is 11.7. The fourth-order valence-corrected chi connectivity index (χ4v) is 1.92. The fraction of sp³-hybridized carbons (Fsp3) is 0.462. The quantitative estimate of drug-likeness (QED) is 0.775. The number of amides is 1. The molecule has 0 bridgehead atoms. The summed E-state index contributed by atoms with van der Waals surface area (Å²) in [5, 5.41) is 5.30. The summed E-state index contributed by atoms with van der Waals surface area (Å²) < 4.78 is 62.7. The molecular formula is C13H14F4N2O4. The van der Waals surface area contributed by atoms with Gasteiger partial charge in [-0.05, 0) is 12.1 Å². The summed E-state index contributed by atoms with van der Waals surface area (Å²) in [5.41, 5.74) is -0.105. The number of alkyl halides is 4. The topological polar surface area (TPSA) is 68.8 Å². The lowest BCUT2D eigenvalue weighted by atomic mass is 10.2. The molecule has 1 unspecified atom stereocenters. The Morgan fingerprint density at radius 2 is 2.00 bits per heavy atom. The molecule has 2 N–H and O–H groups in total. The molecule has 128 valence electrons. The average molecular weight is 338 g/mol. The van der Waals surface area contributed by atoms with Crippen LogP contribution in [0.25, 0.3) is 0 Å². The van der Waals surface area contributed by atoms with Gasteiger partial charge in [0.2, 0.25) is 0 Å². The minimum atomic E-state index is -3.19. The van der Waals surface area contributed by atoms with Crippen molar-refractivity contribution in [3.63, 3.8) is 0 Å². The number of carbonyl (C=O) groups is 1. The maximum Gasteiger partial charge on any atom is 0.387 e. The standard InChI is InChI=1S/C13H14F4N2O4/c14-12(15)22-7-1-2-8(9(5-7)23-13(16)17)19-11(20)10-6-18-3-4-21-10/h1-2,5,10,12-13,18H,3-4,6H2,(H,19,20). The van der Waals surface area contributed by atoms with Crippen LogP contribution in [0.4, 0.5) is 23.2 Å². The van der Waals surface area contributed by atoms with Gasteiger partial charge in [-0.25, -0.2) is 0 Å². The van der Waals surface area contributed by atoms with E-state index in [1.54, 1.807) is 0 Å². The number of ether oxygens (including phenoxy) is 3. The molecule has 0 radical (unpaired) electrons. The lowest BCUT2D eigenvalue weighted by Gasteiger charge is -2.23. The van der Waals surface area contributed by atoms with Crippen molar-refractivity contribution in [1.29, 1.82) is 0 Å². The summed E-state index contributed by atoms with van der Waals surface area (Å²) in [6.45, 7) is -5.11. The van der Waals surface area contributed by atoms with Gasteiger partial charge in [0.25, 0.3) is 5.91 Å². The monoisotopic (exact) mass is 338 g/mol. The van der Waals surface area contributed by atoms with Crippen molar-refractivity contribution >= 4 is 11.6 Å². The lowest BCUT2D eigenvalue weighted by molar-refractivity contribution is -0.128. The van der Waals surface area contributed by atoms with Crippen molar-refractivity contribution in [1.82, 2.24) is 5.32 Å². The van der Waals surface area contributed by atoms with Crippen molar-refractivity contribution in [2.75, 3.05) is 25.0 Å². The Balaban J connectivity index is 2.13. The van der Waals surface area contributed by atoms with E-state index in [-0.39, 0.29) is 18.0 Å². The molecule has 1 aliphatic heterocycles. The highest BCUT2D eigenvalue weighted by atomic mass is 19.3. The summed E-state index contributed by atoms with van der Waals surface area (Å²) in [5.74, 6) is -1.43. The van der Waals surface area contributed by atoms with E-state index < -0.39 is 31.0 Å². The zero-order valence-electron chi connectivity index (χ0n) is 11.7. The number of morpholine rings is 1. The van der Waals surface area contributed by atoms with Crippen LogP contribution in [0.5, 0.6) is 11.5 Å². The molecule has 6 nitrogen and oxygen atoms in total. The van der Waals surface area contributed by atoms with Gasteiger partial charge in [-0.3, -0.25) is 4.79 Å². The third-order valence-electron chi connectivity index (χ3n) is 2.87. The SMILES string of the molecule is O=C(Nc1ccc(OC(F)F)cc1OC(F)F)C1CNCCO1. The second-order valence-corrected chi connectivity index (χ2v) is 4.47.